The molecule has 3 aromatic rings. The van der Waals surface area contributed by atoms with Crippen LogP contribution in [-0.2, 0) is 32.6 Å². The van der Waals surface area contributed by atoms with Gasteiger partial charge in [-0.25, -0.2) is 17.5 Å². The van der Waals surface area contributed by atoms with E-state index >= 15 is 0 Å². The molecular formula is C21H24FN5O4S. The van der Waals surface area contributed by atoms with Crippen LogP contribution in [0.1, 0.15) is 18.4 Å². The number of nitrogens with zero attached hydrogens (tertiary/aromatic N) is 4. The minimum atomic E-state index is -3.93. The Labute approximate surface area is 185 Å². The second kappa shape index (κ2) is 9.31. The van der Waals surface area contributed by atoms with Crippen LogP contribution in [0.25, 0.3) is 11.0 Å². The van der Waals surface area contributed by atoms with Crippen LogP contribution >= 0.6 is 0 Å². The maximum Gasteiger partial charge on any atom is 0.243 e. The van der Waals surface area contributed by atoms with Crippen molar-refractivity contribution in [3.63, 3.8) is 0 Å². The summed E-state index contributed by atoms with van der Waals surface area (Å²) in [5, 5.41) is 10.8. The molecule has 2 heterocycles. The van der Waals surface area contributed by atoms with E-state index in [1.165, 1.54) is 22.5 Å². The van der Waals surface area contributed by atoms with Crippen molar-refractivity contribution < 1.29 is 22.3 Å². The van der Waals surface area contributed by atoms with Gasteiger partial charge in [0.15, 0.2) is 0 Å². The molecule has 11 heteroatoms. The summed E-state index contributed by atoms with van der Waals surface area (Å²) in [5.41, 5.74) is 1.48. The smallest absolute Gasteiger partial charge is 0.243 e. The van der Waals surface area contributed by atoms with E-state index in [0.717, 1.165) is 0 Å². The Hall–Kier alpha value is -2.89. The average Bonchev–Trinajstić information content (AvgIpc) is 3.44. The van der Waals surface area contributed by atoms with Crippen molar-refractivity contribution in [2.24, 2.45) is 0 Å². The van der Waals surface area contributed by atoms with Gasteiger partial charge in [0, 0.05) is 25.8 Å². The number of methoxy groups -OCH3 is 1. The van der Waals surface area contributed by atoms with Crippen LogP contribution in [0.15, 0.2) is 47.4 Å². The third-order valence-electron chi connectivity index (χ3n) is 5.52. The zero-order valence-electron chi connectivity index (χ0n) is 17.6. The number of rotatable bonds is 8. The first-order valence-corrected chi connectivity index (χ1v) is 11.7. The topological polar surface area (TPSA) is 106 Å². The molecule has 1 aromatic heterocycles. The first kappa shape index (κ1) is 22.3. The number of fused-ring (bicyclic) bond motifs is 1. The Bertz CT molecular complexity index is 1230. The molecule has 9 nitrogen and oxygen atoms in total. The van der Waals surface area contributed by atoms with Gasteiger partial charge in [0.05, 0.1) is 23.6 Å². The van der Waals surface area contributed by atoms with Crippen LogP contribution in [0, 0.1) is 5.82 Å². The molecule has 1 fully saturated rings. The molecule has 4 rings (SSSR count). The van der Waals surface area contributed by atoms with E-state index in [1.54, 1.807) is 36.1 Å². The Morgan fingerprint density at radius 3 is 2.88 bits per heavy atom. The van der Waals surface area contributed by atoms with Gasteiger partial charge in [0.1, 0.15) is 17.4 Å². The van der Waals surface area contributed by atoms with Gasteiger partial charge >= 0.3 is 0 Å². The van der Waals surface area contributed by atoms with E-state index in [2.05, 4.69) is 15.6 Å². The van der Waals surface area contributed by atoms with E-state index < -0.39 is 27.8 Å². The van der Waals surface area contributed by atoms with Gasteiger partial charge in [0.2, 0.25) is 15.9 Å². The molecule has 1 saturated heterocycles. The summed E-state index contributed by atoms with van der Waals surface area (Å²) in [6.45, 7) is 1.18. The highest BCUT2D eigenvalue weighted by Gasteiger charge is 2.39. The number of ether oxygens (including phenoxy) is 1. The van der Waals surface area contributed by atoms with Gasteiger partial charge in [-0.2, -0.15) is 4.31 Å². The lowest BCUT2D eigenvalue weighted by Crippen LogP contribution is -2.45. The van der Waals surface area contributed by atoms with Crippen LogP contribution in [0.3, 0.4) is 0 Å². The van der Waals surface area contributed by atoms with Crippen LogP contribution in [-0.4, -0.2) is 59.9 Å². The number of benzene rings is 2. The van der Waals surface area contributed by atoms with Gasteiger partial charge in [-0.05, 0) is 37.1 Å². The predicted octanol–water partition coefficient (Wildman–Crippen LogP) is 1.69. The molecule has 0 unspecified atom stereocenters. The number of nitrogens with one attached hydrogen (secondary N) is 1. The first-order chi connectivity index (χ1) is 15.4. The Morgan fingerprint density at radius 2 is 2.09 bits per heavy atom. The maximum absolute atomic E-state index is 13.8. The number of sulfonamides is 1. The number of carbonyl (C=O) groups excluding carboxylic acids is 1. The van der Waals surface area contributed by atoms with Crippen molar-refractivity contribution in [2.75, 3.05) is 20.3 Å². The molecule has 0 aliphatic carbocycles. The number of hydrogen-bond donors (Lipinski definition) is 1. The molecular weight excluding hydrogens is 437 g/mol. The van der Waals surface area contributed by atoms with E-state index in [9.17, 15) is 17.6 Å². The molecule has 1 atom stereocenters. The van der Waals surface area contributed by atoms with Crippen LogP contribution in [0.5, 0.6) is 0 Å². The van der Waals surface area contributed by atoms with Gasteiger partial charge in [-0.15, -0.1) is 5.10 Å². The summed E-state index contributed by atoms with van der Waals surface area (Å²) in [5.74, 6) is -0.864. The Kier molecular flexibility index (Phi) is 6.49. The van der Waals surface area contributed by atoms with Crippen LogP contribution in [0.2, 0.25) is 0 Å². The van der Waals surface area contributed by atoms with E-state index in [1.807, 2.05) is 0 Å². The lowest BCUT2D eigenvalue weighted by Gasteiger charge is -2.23. The molecule has 0 saturated carbocycles. The fourth-order valence-corrected chi connectivity index (χ4v) is 5.50. The molecule has 0 bridgehead atoms. The summed E-state index contributed by atoms with van der Waals surface area (Å²) in [4.78, 5) is 12.8. The molecule has 170 valence electrons. The minimum absolute atomic E-state index is 0.00751. The molecule has 1 aliphatic rings. The summed E-state index contributed by atoms with van der Waals surface area (Å²) >= 11 is 0. The van der Waals surface area contributed by atoms with Crippen molar-refractivity contribution in [2.45, 2.75) is 36.9 Å². The normalized spacial score (nSPS) is 17.1. The molecule has 1 N–H and O–H groups in total. The fourth-order valence-electron chi connectivity index (χ4n) is 3.82. The summed E-state index contributed by atoms with van der Waals surface area (Å²) < 4.78 is 48.3. The van der Waals surface area contributed by atoms with E-state index in [4.69, 9.17) is 4.74 Å². The van der Waals surface area contributed by atoms with Gasteiger partial charge in [-0.3, -0.25) is 4.79 Å². The second-order valence-corrected chi connectivity index (χ2v) is 9.43. The number of hydrogen-bond acceptors (Lipinski definition) is 6. The lowest BCUT2D eigenvalue weighted by molar-refractivity contribution is -0.124. The van der Waals surface area contributed by atoms with E-state index in [-0.39, 0.29) is 18.0 Å². The van der Waals surface area contributed by atoms with Crippen LogP contribution in [0.4, 0.5) is 4.39 Å². The third kappa shape index (κ3) is 4.36. The molecule has 32 heavy (non-hydrogen) atoms. The SMILES string of the molecule is COCCn1nnc2cc(S(=O)(=O)N3CCC[C@@H]3C(=O)NCc3ccccc3F)ccc21. The quantitative estimate of drug-likeness (QED) is 0.547. The summed E-state index contributed by atoms with van der Waals surface area (Å²) in [6, 6.07) is 9.91. The number of halogens is 1. The zero-order chi connectivity index (χ0) is 22.7. The minimum Gasteiger partial charge on any atom is -0.383 e. The lowest BCUT2D eigenvalue weighted by atomic mass is 10.2. The first-order valence-electron chi connectivity index (χ1n) is 10.3. The zero-order valence-corrected chi connectivity index (χ0v) is 18.4. The third-order valence-corrected chi connectivity index (χ3v) is 7.42. The molecule has 0 radical (unpaired) electrons. The number of carbonyl (C=O) groups is 1. The Balaban J connectivity index is 1.52. The van der Waals surface area contributed by atoms with Crippen molar-refractivity contribution >= 4 is 27.0 Å². The van der Waals surface area contributed by atoms with Gasteiger partial charge in [-0.1, -0.05) is 23.4 Å². The Morgan fingerprint density at radius 1 is 1.28 bits per heavy atom. The van der Waals surface area contributed by atoms with Crippen molar-refractivity contribution in [1.29, 1.82) is 0 Å². The predicted molar refractivity (Wildman–Crippen MR) is 115 cm³/mol. The average molecular weight is 462 g/mol. The second-order valence-electron chi connectivity index (χ2n) is 7.54. The standard InChI is InChI=1S/C21H24FN5O4S/c1-31-12-11-26-19-9-8-16(13-18(19)24-25-26)32(29,30)27-10-4-7-20(27)21(28)23-14-15-5-2-3-6-17(15)22/h2-3,5-6,8-9,13,20H,4,7,10-12,14H2,1H3,(H,23,28)/t20-/m1/s1. The largest absolute Gasteiger partial charge is 0.383 e. The fraction of sp³-hybridized carbons (Fsp3) is 0.381. The summed E-state index contributed by atoms with van der Waals surface area (Å²) in [7, 11) is -2.34. The monoisotopic (exact) mass is 461 g/mol. The highest BCUT2D eigenvalue weighted by Crippen LogP contribution is 2.28. The van der Waals surface area contributed by atoms with Crippen molar-refractivity contribution in [1.82, 2.24) is 24.6 Å². The highest BCUT2D eigenvalue weighted by molar-refractivity contribution is 7.89. The molecule has 1 amide bonds. The number of amides is 1. The maximum atomic E-state index is 13.8. The van der Waals surface area contributed by atoms with Gasteiger partial charge in [0.25, 0.3) is 0 Å². The van der Waals surface area contributed by atoms with Crippen LogP contribution < -0.4 is 5.32 Å². The number of aromatic nitrogens is 3. The molecule has 2 aromatic carbocycles. The molecule has 1 aliphatic heterocycles. The van der Waals surface area contributed by atoms with E-state index in [0.29, 0.717) is 42.6 Å². The highest BCUT2D eigenvalue weighted by atomic mass is 32.2. The molecule has 0 spiro atoms. The van der Waals surface area contributed by atoms with Crippen molar-refractivity contribution in [3.8, 4) is 0 Å². The van der Waals surface area contributed by atoms with Gasteiger partial charge < -0.3 is 10.1 Å². The summed E-state index contributed by atoms with van der Waals surface area (Å²) in [6.07, 6.45) is 0.963. The van der Waals surface area contributed by atoms with Crippen molar-refractivity contribution in [3.05, 3.63) is 53.8 Å².